The fraction of sp³-hybridized carbons (Fsp3) is 0.259. The van der Waals surface area contributed by atoms with Crippen molar-refractivity contribution < 1.29 is 9.53 Å². The molecule has 0 aromatic carbocycles. The number of rotatable bonds is 9. The van der Waals surface area contributed by atoms with Crippen molar-refractivity contribution in [3.63, 3.8) is 0 Å². The van der Waals surface area contributed by atoms with Crippen molar-refractivity contribution >= 4 is 23.6 Å². The molecule has 3 aromatic rings. The molecule has 3 aromatic heterocycles. The van der Waals surface area contributed by atoms with E-state index in [1.165, 1.54) is 6.08 Å². The first-order chi connectivity index (χ1) is 18.0. The molecule has 190 valence electrons. The van der Waals surface area contributed by atoms with Crippen molar-refractivity contribution in [2.45, 2.75) is 32.8 Å². The highest BCUT2D eigenvalue weighted by Gasteiger charge is 2.18. The Kier molecular flexibility index (Phi) is 8.66. The molecule has 0 aliphatic carbocycles. The number of aryl methyl sites for hydroxylation is 1. The highest BCUT2D eigenvalue weighted by molar-refractivity contribution is 5.91. The maximum atomic E-state index is 12.5. The van der Waals surface area contributed by atoms with Crippen molar-refractivity contribution in [2.75, 3.05) is 23.7 Å². The third-order valence-corrected chi connectivity index (χ3v) is 5.52. The summed E-state index contributed by atoms with van der Waals surface area (Å²) in [5, 5.41) is 9.56. The molecule has 3 N–H and O–H groups in total. The summed E-state index contributed by atoms with van der Waals surface area (Å²) in [5.41, 5.74) is 2.71. The number of pyridine rings is 1. The highest BCUT2D eigenvalue weighted by Crippen LogP contribution is 2.18. The Morgan fingerprint density at radius 1 is 1.05 bits per heavy atom. The van der Waals surface area contributed by atoms with Crippen LogP contribution in [0.2, 0.25) is 0 Å². The number of anilines is 3. The molecule has 0 radical (unpaired) electrons. The lowest BCUT2D eigenvalue weighted by molar-refractivity contribution is -0.144. The molecule has 4 rings (SSSR count). The van der Waals surface area contributed by atoms with Crippen LogP contribution in [0.3, 0.4) is 0 Å². The van der Waals surface area contributed by atoms with Crippen LogP contribution in [0.15, 0.2) is 78.8 Å². The van der Waals surface area contributed by atoms with Gasteiger partial charge in [-0.1, -0.05) is 18.7 Å². The fourth-order valence-electron chi connectivity index (χ4n) is 3.62. The van der Waals surface area contributed by atoms with Gasteiger partial charge in [0.05, 0.1) is 5.57 Å². The predicted octanol–water partition coefficient (Wildman–Crippen LogP) is 4.10. The Morgan fingerprint density at radius 2 is 1.81 bits per heavy atom. The van der Waals surface area contributed by atoms with E-state index in [4.69, 9.17) is 4.74 Å². The summed E-state index contributed by atoms with van der Waals surface area (Å²) >= 11 is 0. The number of esters is 1. The van der Waals surface area contributed by atoms with Gasteiger partial charge in [0, 0.05) is 23.8 Å². The van der Waals surface area contributed by atoms with Gasteiger partial charge in [0.25, 0.3) is 0 Å². The predicted molar refractivity (Wildman–Crippen MR) is 143 cm³/mol. The van der Waals surface area contributed by atoms with E-state index in [0.717, 1.165) is 37.3 Å². The molecule has 0 unspecified atom stereocenters. The Labute approximate surface area is 216 Å². The lowest BCUT2D eigenvalue weighted by Gasteiger charge is -2.22. The number of allylic oxidation sites excluding steroid dienone is 3. The van der Waals surface area contributed by atoms with E-state index < -0.39 is 0 Å². The number of carbonyl (C=O) groups excluding carboxylic acids is 1. The molecule has 1 aliphatic heterocycles. The fourth-order valence-corrected chi connectivity index (χ4v) is 3.62. The van der Waals surface area contributed by atoms with Crippen LogP contribution in [-0.4, -0.2) is 50.1 Å². The van der Waals surface area contributed by atoms with Gasteiger partial charge < -0.3 is 20.7 Å². The Hall–Kier alpha value is -4.44. The van der Waals surface area contributed by atoms with Crippen LogP contribution < -0.4 is 16.0 Å². The average molecular weight is 499 g/mol. The molecule has 0 atom stereocenters. The van der Waals surface area contributed by atoms with Crippen molar-refractivity contribution in [2.24, 2.45) is 0 Å². The van der Waals surface area contributed by atoms with Crippen LogP contribution >= 0.6 is 0 Å². The zero-order chi connectivity index (χ0) is 26.0. The zero-order valence-electron chi connectivity index (χ0n) is 20.9. The van der Waals surface area contributed by atoms with Crippen LogP contribution in [-0.2, 0) is 9.53 Å². The van der Waals surface area contributed by atoms with E-state index in [2.05, 4.69) is 47.4 Å². The van der Waals surface area contributed by atoms with Gasteiger partial charge in [0.15, 0.2) is 5.82 Å². The van der Waals surface area contributed by atoms with Gasteiger partial charge in [0.1, 0.15) is 23.4 Å². The van der Waals surface area contributed by atoms with Gasteiger partial charge in [-0.25, -0.2) is 24.7 Å². The first-order valence-electron chi connectivity index (χ1n) is 12.1. The third kappa shape index (κ3) is 7.52. The minimum absolute atomic E-state index is 0.0667. The van der Waals surface area contributed by atoms with Gasteiger partial charge in [0.2, 0.25) is 5.95 Å². The standard InChI is InChI=1S/C27H30N8O2/c1-4-20(26(36)37-21-10-14-28-15-11-21)9-8-19(3)32-27-30-17-13-24(35-27)33-23-12-16-29-25(34-23)22-7-5-6-18(2)31-22/h4-9,12-13,16-17,21,28H,1,10-11,14-15H2,2-3H3,(H2,29,30,32,33,34,35)/b19-8+,20-9+. The number of piperidine rings is 1. The van der Waals surface area contributed by atoms with Gasteiger partial charge in [-0.3, -0.25) is 0 Å². The lowest BCUT2D eigenvalue weighted by Crippen LogP contribution is -2.33. The van der Waals surface area contributed by atoms with Crippen LogP contribution in [0.25, 0.3) is 11.5 Å². The minimum atomic E-state index is -0.376. The number of aromatic nitrogens is 5. The van der Waals surface area contributed by atoms with Crippen molar-refractivity contribution in [1.82, 2.24) is 30.2 Å². The second-order valence-electron chi connectivity index (χ2n) is 8.48. The number of hydrogen-bond donors (Lipinski definition) is 3. The summed E-state index contributed by atoms with van der Waals surface area (Å²) in [6.07, 6.45) is 9.79. The molecular weight excluding hydrogens is 468 g/mol. The van der Waals surface area contributed by atoms with Gasteiger partial charge >= 0.3 is 5.97 Å². The van der Waals surface area contributed by atoms with Gasteiger partial charge in [-0.2, -0.15) is 4.98 Å². The van der Waals surface area contributed by atoms with Crippen molar-refractivity contribution in [1.29, 1.82) is 0 Å². The molecule has 1 saturated heterocycles. The summed E-state index contributed by atoms with van der Waals surface area (Å²) in [4.78, 5) is 34.6. The van der Waals surface area contributed by atoms with Crippen LogP contribution in [0.4, 0.5) is 17.6 Å². The maximum absolute atomic E-state index is 12.5. The molecule has 0 bridgehead atoms. The zero-order valence-corrected chi connectivity index (χ0v) is 20.9. The molecule has 10 heteroatoms. The van der Waals surface area contributed by atoms with E-state index in [1.54, 1.807) is 36.7 Å². The molecule has 4 heterocycles. The molecule has 37 heavy (non-hydrogen) atoms. The van der Waals surface area contributed by atoms with E-state index in [1.807, 2.05) is 32.0 Å². The van der Waals surface area contributed by atoms with E-state index in [9.17, 15) is 4.79 Å². The SMILES string of the molecule is C=C/C(=C\C=C(/C)Nc1nccc(Nc2ccnc(-c3cccc(C)n3)n2)n1)C(=O)OC1CCNCC1. The Morgan fingerprint density at radius 3 is 2.57 bits per heavy atom. The molecule has 1 aliphatic rings. The smallest absolute Gasteiger partial charge is 0.338 e. The number of nitrogens with one attached hydrogen (secondary N) is 3. The quantitative estimate of drug-likeness (QED) is 0.225. The highest BCUT2D eigenvalue weighted by atomic mass is 16.5. The van der Waals surface area contributed by atoms with E-state index in [0.29, 0.717) is 34.7 Å². The van der Waals surface area contributed by atoms with E-state index >= 15 is 0 Å². The topological polar surface area (TPSA) is 127 Å². The minimum Gasteiger partial charge on any atom is -0.459 e. The third-order valence-electron chi connectivity index (χ3n) is 5.52. The maximum Gasteiger partial charge on any atom is 0.338 e. The number of ether oxygens (including phenoxy) is 1. The Balaban J connectivity index is 1.40. The van der Waals surface area contributed by atoms with Gasteiger partial charge in [-0.05, 0) is 76.2 Å². The summed E-state index contributed by atoms with van der Waals surface area (Å²) in [6.45, 7) is 9.22. The van der Waals surface area contributed by atoms with Crippen LogP contribution in [0.1, 0.15) is 25.5 Å². The number of carbonyl (C=O) groups is 1. The summed E-state index contributed by atoms with van der Waals surface area (Å²) in [6, 6.07) is 9.21. The van der Waals surface area contributed by atoms with Crippen molar-refractivity contribution in [3.8, 4) is 11.5 Å². The first kappa shape index (κ1) is 25.6. The summed E-state index contributed by atoms with van der Waals surface area (Å²) in [7, 11) is 0. The second kappa shape index (κ2) is 12.5. The van der Waals surface area contributed by atoms with Crippen LogP contribution in [0, 0.1) is 6.92 Å². The molecule has 1 fully saturated rings. The first-order valence-corrected chi connectivity index (χ1v) is 12.1. The average Bonchev–Trinajstić information content (AvgIpc) is 2.90. The largest absolute Gasteiger partial charge is 0.459 e. The molecule has 0 amide bonds. The summed E-state index contributed by atoms with van der Waals surface area (Å²) in [5.74, 6) is 1.66. The molecular formula is C27H30N8O2. The van der Waals surface area contributed by atoms with E-state index in [-0.39, 0.29) is 12.1 Å². The number of hydrogen-bond acceptors (Lipinski definition) is 10. The van der Waals surface area contributed by atoms with Crippen LogP contribution in [0.5, 0.6) is 0 Å². The monoisotopic (exact) mass is 498 g/mol. The molecule has 10 nitrogen and oxygen atoms in total. The molecule has 0 saturated carbocycles. The lowest BCUT2D eigenvalue weighted by atomic mass is 10.1. The number of nitrogens with zero attached hydrogens (tertiary/aromatic N) is 5. The second-order valence-corrected chi connectivity index (χ2v) is 8.48. The normalized spacial score (nSPS) is 14.6. The molecule has 0 spiro atoms. The Bertz CT molecular complexity index is 1320. The van der Waals surface area contributed by atoms with Crippen molar-refractivity contribution in [3.05, 3.63) is 84.5 Å². The van der Waals surface area contributed by atoms with Gasteiger partial charge in [-0.15, -0.1) is 0 Å². The summed E-state index contributed by atoms with van der Waals surface area (Å²) < 4.78 is 5.59.